The number of pyridine rings is 1. The zero-order valence-corrected chi connectivity index (χ0v) is 15.4. The van der Waals surface area contributed by atoms with Crippen LogP contribution in [-0.2, 0) is 5.54 Å². The topological polar surface area (TPSA) is 13.1 Å². The number of rotatable bonds is 4. The molecular formula is C21H23ClNO+. The average Bonchev–Trinajstić information content (AvgIpc) is 2.60. The Morgan fingerprint density at radius 2 is 1.88 bits per heavy atom. The van der Waals surface area contributed by atoms with Crippen LogP contribution >= 0.6 is 11.6 Å². The predicted molar refractivity (Wildman–Crippen MR) is 99.9 cm³/mol. The second-order valence-electron chi connectivity index (χ2n) is 6.46. The van der Waals surface area contributed by atoms with E-state index < -0.39 is 0 Å². The number of aromatic nitrogens is 1. The Morgan fingerprint density at radius 3 is 2.58 bits per heavy atom. The molecule has 0 aliphatic carbocycles. The molecule has 124 valence electrons. The second kappa shape index (κ2) is 6.45. The number of ether oxygens (including phenoxy) is 1. The third-order valence-corrected chi connectivity index (χ3v) is 5.17. The maximum Gasteiger partial charge on any atom is 0.193 e. The fraction of sp³-hybridized carbons (Fsp3) is 0.286. The van der Waals surface area contributed by atoms with Gasteiger partial charge in [0.1, 0.15) is 5.75 Å². The fourth-order valence-corrected chi connectivity index (χ4v) is 3.40. The first-order valence-electron chi connectivity index (χ1n) is 8.24. The first-order chi connectivity index (χ1) is 11.5. The molecule has 0 N–H and O–H groups in total. The first kappa shape index (κ1) is 16.8. The van der Waals surface area contributed by atoms with Crippen molar-refractivity contribution in [2.45, 2.75) is 32.7 Å². The van der Waals surface area contributed by atoms with Gasteiger partial charge in [-0.15, -0.1) is 0 Å². The van der Waals surface area contributed by atoms with Gasteiger partial charge in [0.15, 0.2) is 17.9 Å². The van der Waals surface area contributed by atoms with Crippen LogP contribution in [0.2, 0.25) is 5.02 Å². The third kappa shape index (κ3) is 2.87. The molecule has 0 radical (unpaired) electrons. The van der Waals surface area contributed by atoms with Gasteiger partial charge < -0.3 is 4.74 Å². The van der Waals surface area contributed by atoms with E-state index in [1.165, 1.54) is 16.3 Å². The maximum absolute atomic E-state index is 6.14. The summed E-state index contributed by atoms with van der Waals surface area (Å²) in [5.74, 6) is 0.823. The highest BCUT2D eigenvalue weighted by atomic mass is 35.5. The van der Waals surface area contributed by atoms with E-state index in [0.717, 1.165) is 17.7 Å². The molecule has 0 spiro atoms. The number of hydrogen-bond acceptors (Lipinski definition) is 1. The molecule has 2 aromatic carbocycles. The minimum atomic E-state index is -0.213. The van der Waals surface area contributed by atoms with E-state index >= 15 is 0 Å². The lowest BCUT2D eigenvalue weighted by Gasteiger charge is -2.25. The molecule has 1 aromatic heterocycles. The normalized spacial score (nSPS) is 13.7. The van der Waals surface area contributed by atoms with Crippen LogP contribution in [0, 0.1) is 6.92 Å². The lowest BCUT2D eigenvalue weighted by atomic mass is 9.87. The molecule has 0 bridgehead atoms. The summed E-state index contributed by atoms with van der Waals surface area (Å²) in [4.78, 5) is 0. The molecule has 0 saturated heterocycles. The molecule has 3 heteroatoms. The van der Waals surface area contributed by atoms with Crippen molar-refractivity contribution in [2.75, 3.05) is 7.11 Å². The van der Waals surface area contributed by atoms with Crippen molar-refractivity contribution in [1.82, 2.24) is 0 Å². The molecule has 2 nitrogen and oxygen atoms in total. The van der Waals surface area contributed by atoms with Crippen LogP contribution in [0.1, 0.15) is 31.4 Å². The van der Waals surface area contributed by atoms with Crippen LogP contribution in [0.3, 0.4) is 0 Å². The van der Waals surface area contributed by atoms with Gasteiger partial charge in [-0.05, 0) is 36.6 Å². The van der Waals surface area contributed by atoms with Crippen molar-refractivity contribution in [1.29, 1.82) is 0 Å². The number of aryl methyl sites for hydroxylation is 1. The van der Waals surface area contributed by atoms with Gasteiger partial charge in [0.2, 0.25) is 0 Å². The molecular weight excluding hydrogens is 318 g/mol. The van der Waals surface area contributed by atoms with Crippen LogP contribution in [0.4, 0.5) is 0 Å². The van der Waals surface area contributed by atoms with E-state index in [9.17, 15) is 0 Å². The van der Waals surface area contributed by atoms with Crippen molar-refractivity contribution >= 4 is 22.4 Å². The summed E-state index contributed by atoms with van der Waals surface area (Å²) in [5.41, 5.74) is 2.20. The summed E-state index contributed by atoms with van der Waals surface area (Å²) in [5, 5.41) is 3.18. The van der Waals surface area contributed by atoms with Gasteiger partial charge in [-0.25, -0.2) is 0 Å². The lowest BCUT2D eigenvalue weighted by molar-refractivity contribution is -0.750. The summed E-state index contributed by atoms with van der Waals surface area (Å²) >= 11 is 6.14. The maximum atomic E-state index is 6.14. The largest absolute Gasteiger partial charge is 0.496 e. The zero-order chi connectivity index (χ0) is 17.3. The molecule has 0 saturated carbocycles. The van der Waals surface area contributed by atoms with Crippen LogP contribution < -0.4 is 9.30 Å². The quantitative estimate of drug-likeness (QED) is 0.589. The highest BCUT2D eigenvalue weighted by Gasteiger charge is 2.37. The molecule has 0 amide bonds. The summed E-state index contributed by atoms with van der Waals surface area (Å²) in [7, 11) is 1.69. The van der Waals surface area contributed by atoms with Gasteiger partial charge in [-0.3, -0.25) is 0 Å². The van der Waals surface area contributed by atoms with E-state index in [1.54, 1.807) is 7.11 Å². The van der Waals surface area contributed by atoms with Gasteiger partial charge in [0.25, 0.3) is 0 Å². The molecule has 3 aromatic rings. The van der Waals surface area contributed by atoms with Crippen molar-refractivity contribution in [3.63, 3.8) is 0 Å². The van der Waals surface area contributed by atoms with E-state index in [2.05, 4.69) is 68.1 Å². The summed E-state index contributed by atoms with van der Waals surface area (Å²) in [6.07, 6.45) is 5.30. The van der Waals surface area contributed by atoms with Crippen molar-refractivity contribution in [3.8, 4) is 5.75 Å². The predicted octanol–water partition coefficient (Wildman–Crippen LogP) is 5.27. The molecule has 0 aliphatic heterocycles. The molecule has 0 fully saturated rings. The highest BCUT2D eigenvalue weighted by Crippen LogP contribution is 2.34. The number of hydrogen-bond donors (Lipinski definition) is 0. The van der Waals surface area contributed by atoms with Crippen LogP contribution in [0.25, 0.3) is 10.8 Å². The summed E-state index contributed by atoms with van der Waals surface area (Å²) < 4.78 is 7.88. The molecule has 1 atom stereocenters. The van der Waals surface area contributed by atoms with Crippen molar-refractivity contribution < 1.29 is 9.30 Å². The van der Waals surface area contributed by atoms with Gasteiger partial charge in [-0.1, -0.05) is 36.2 Å². The zero-order valence-electron chi connectivity index (χ0n) is 14.6. The van der Waals surface area contributed by atoms with Gasteiger partial charge >= 0.3 is 0 Å². The average molecular weight is 341 g/mol. The van der Waals surface area contributed by atoms with Crippen LogP contribution in [0.15, 0.2) is 54.9 Å². The monoisotopic (exact) mass is 340 g/mol. The van der Waals surface area contributed by atoms with E-state index in [4.69, 9.17) is 16.3 Å². The molecule has 0 aliphatic rings. The Hall–Kier alpha value is -2.06. The number of benzene rings is 2. The van der Waals surface area contributed by atoms with Crippen molar-refractivity contribution in [2.24, 2.45) is 0 Å². The van der Waals surface area contributed by atoms with Crippen molar-refractivity contribution in [3.05, 3.63) is 71.0 Å². The first-order valence-corrected chi connectivity index (χ1v) is 8.62. The SMILES string of the molecule is CCC(C)(c1ccc(Cl)cc1OC)[n+]1ccc2cc(C)ccc2c1. The fourth-order valence-electron chi connectivity index (χ4n) is 3.24. The molecule has 24 heavy (non-hydrogen) atoms. The van der Waals surface area contributed by atoms with E-state index in [1.807, 2.05) is 12.1 Å². The Kier molecular flexibility index (Phi) is 4.51. The Labute approximate surface area is 148 Å². The number of halogens is 1. The summed E-state index contributed by atoms with van der Waals surface area (Å²) in [6.45, 7) is 6.55. The standard InChI is InChI=1S/C21H23ClNO/c1-5-21(3,19-9-8-18(22)13-20(19)24-4)23-11-10-16-12-15(2)6-7-17(16)14-23/h6-14H,5H2,1-4H3/q+1. The second-order valence-corrected chi connectivity index (χ2v) is 6.89. The van der Waals surface area contributed by atoms with Crippen LogP contribution in [-0.4, -0.2) is 7.11 Å². The Bertz CT molecular complexity index is 890. The molecule has 1 heterocycles. The van der Waals surface area contributed by atoms with Crippen LogP contribution in [0.5, 0.6) is 5.75 Å². The minimum Gasteiger partial charge on any atom is -0.496 e. The number of nitrogens with zero attached hydrogens (tertiary/aromatic N) is 1. The number of methoxy groups -OCH3 is 1. The summed E-state index contributed by atoms with van der Waals surface area (Å²) in [6, 6.07) is 14.6. The van der Waals surface area contributed by atoms with Gasteiger partial charge in [-0.2, -0.15) is 4.57 Å². The van der Waals surface area contributed by atoms with Gasteiger partial charge in [0, 0.05) is 29.8 Å². The third-order valence-electron chi connectivity index (χ3n) is 4.94. The highest BCUT2D eigenvalue weighted by molar-refractivity contribution is 6.30. The van der Waals surface area contributed by atoms with E-state index in [-0.39, 0.29) is 5.54 Å². The minimum absolute atomic E-state index is 0.213. The smallest absolute Gasteiger partial charge is 0.193 e. The molecule has 3 rings (SSSR count). The number of fused-ring (bicyclic) bond motifs is 1. The van der Waals surface area contributed by atoms with E-state index in [0.29, 0.717) is 5.02 Å². The Morgan fingerprint density at radius 1 is 1.08 bits per heavy atom. The lowest BCUT2D eigenvalue weighted by Crippen LogP contribution is -2.54. The Balaban J connectivity index is 2.18. The van der Waals surface area contributed by atoms with Gasteiger partial charge in [0.05, 0.1) is 12.7 Å². The molecule has 1 unspecified atom stereocenters.